The zero-order valence-corrected chi connectivity index (χ0v) is 14.6. The summed E-state index contributed by atoms with van der Waals surface area (Å²) >= 11 is 3.63. The zero-order valence-electron chi connectivity index (χ0n) is 13.0. The average Bonchev–Trinajstić information content (AvgIpc) is 2.58. The molecule has 2 rings (SSSR count). The summed E-state index contributed by atoms with van der Waals surface area (Å²) in [5, 5.41) is 3.37. The summed E-state index contributed by atoms with van der Waals surface area (Å²) in [6.45, 7) is 7.99. The summed E-state index contributed by atoms with van der Waals surface area (Å²) in [7, 11) is 4.24. The van der Waals surface area contributed by atoms with E-state index in [1.807, 2.05) is 7.05 Å². The molecule has 1 heterocycles. The van der Waals surface area contributed by atoms with Crippen molar-refractivity contribution in [1.29, 1.82) is 0 Å². The van der Waals surface area contributed by atoms with Gasteiger partial charge in [0.25, 0.3) is 0 Å². The smallest absolute Gasteiger partial charge is 0.0428 e. The Labute approximate surface area is 131 Å². The highest BCUT2D eigenvalue weighted by Crippen LogP contribution is 2.31. The van der Waals surface area contributed by atoms with Crippen molar-refractivity contribution in [2.24, 2.45) is 0 Å². The minimum Gasteiger partial charge on any atom is -0.367 e. The van der Waals surface area contributed by atoms with Crippen molar-refractivity contribution in [3.63, 3.8) is 0 Å². The number of rotatable bonds is 3. The van der Waals surface area contributed by atoms with Crippen LogP contribution in [0.5, 0.6) is 0 Å². The van der Waals surface area contributed by atoms with Gasteiger partial charge in [-0.3, -0.25) is 0 Å². The Morgan fingerprint density at radius 3 is 2.80 bits per heavy atom. The summed E-state index contributed by atoms with van der Waals surface area (Å²) in [6.07, 6.45) is 1.22. The fraction of sp³-hybridized carbons (Fsp3) is 0.625. The Kier molecular flexibility index (Phi) is 5.47. The maximum Gasteiger partial charge on any atom is 0.0428 e. The van der Waals surface area contributed by atoms with Crippen molar-refractivity contribution in [2.75, 3.05) is 38.6 Å². The number of hydrogen-bond donors (Lipinski definition) is 1. The molecule has 112 valence electrons. The predicted octanol–water partition coefficient (Wildman–Crippen LogP) is 3.26. The van der Waals surface area contributed by atoms with Gasteiger partial charge in [0.05, 0.1) is 0 Å². The van der Waals surface area contributed by atoms with Crippen LogP contribution in [0.4, 0.5) is 5.69 Å². The summed E-state index contributed by atoms with van der Waals surface area (Å²) < 4.78 is 1.16. The zero-order chi connectivity index (χ0) is 14.7. The van der Waals surface area contributed by atoms with Gasteiger partial charge in [-0.05, 0) is 58.6 Å². The van der Waals surface area contributed by atoms with Crippen molar-refractivity contribution in [3.05, 3.63) is 28.2 Å². The SMILES string of the molecule is CNC(C)c1ccc(Br)cc1N1CCCN(C)CC1C. The molecule has 20 heavy (non-hydrogen) atoms. The van der Waals surface area contributed by atoms with Crippen LogP contribution in [0.2, 0.25) is 0 Å². The molecular formula is C16H26BrN3. The molecule has 1 N–H and O–H groups in total. The van der Waals surface area contributed by atoms with E-state index in [1.165, 1.54) is 24.2 Å². The molecule has 2 atom stereocenters. The molecule has 1 fully saturated rings. The molecule has 0 saturated carbocycles. The quantitative estimate of drug-likeness (QED) is 0.911. The molecule has 0 spiro atoms. The molecule has 3 nitrogen and oxygen atoms in total. The minimum atomic E-state index is 0.367. The molecule has 0 amide bonds. The van der Waals surface area contributed by atoms with Crippen LogP contribution in [0, 0.1) is 0 Å². The van der Waals surface area contributed by atoms with Gasteiger partial charge in [0.15, 0.2) is 0 Å². The molecule has 0 aromatic heterocycles. The Bertz CT molecular complexity index is 449. The third-order valence-corrected chi connectivity index (χ3v) is 4.74. The lowest BCUT2D eigenvalue weighted by Crippen LogP contribution is -2.38. The van der Waals surface area contributed by atoms with Crippen molar-refractivity contribution >= 4 is 21.6 Å². The topological polar surface area (TPSA) is 18.5 Å². The van der Waals surface area contributed by atoms with Crippen LogP contribution in [0.25, 0.3) is 0 Å². The Morgan fingerprint density at radius 1 is 1.35 bits per heavy atom. The van der Waals surface area contributed by atoms with Crippen LogP contribution in [0.15, 0.2) is 22.7 Å². The molecule has 1 saturated heterocycles. The van der Waals surface area contributed by atoms with Gasteiger partial charge >= 0.3 is 0 Å². The number of nitrogens with zero attached hydrogens (tertiary/aromatic N) is 2. The minimum absolute atomic E-state index is 0.367. The van der Waals surface area contributed by atoms with Gasteiger partial charge < -0.3 is 15.1 Å². The average molecular weight is 340 g/mol. The van der Waals surface area contributed by atoms with E-state index in [1.54, 1.807) is 0 Å². The van der Waals surface area contributed by atoms with E-state index in [-0.39, 0.29) is 0 Å². The first-order valence-corrected chi connectivity index (χ1v) is 8.24. The molecule has 0 bridgehead atoms. The van der Waals surface area contributed by atoms with E-state index < -0.39 is 0 Å². The highest BCUT2D eigenvalue weighted by molar-refractivity contribution is 9.10. The molecule has 1 aliphatic heterocycles. The lowest BCUT2D eigenvalue weighted by Gasteiger charge is -2.33. The number of benzene rings is 1. The Morgan fingerprint density at radius 2 is 2.10 bits per heavy atom. The fourth-order valence-corrected chi connectivity index (χ4v) is 3.37. The third kappa shape index (κ3) is 3.54. The van der Waals surface area contributed by atoms with Gasteiger partial charge in [-0.15, -0.1) is 0 Å². The van der Waals surface area contributed by atoms with Gasteiger partial charge in [0.1, 0.15) is 0 Å². The number of halogens is 1. The number of hydrogen-bond acceptors (Lipinski definition) is 3. The highest BCUT2D eigenvalue weighted by Gasteiger charge is 2.23. The van der Waals surface area contributed by atoms with Crippen LogP contribution in [0.1, 0.15) is 31.9 Å². The normalized spacial score (nSPS) is 22.6. The van der Waals surface area contributed by atoms with Gasteiger partial charge in [-0.2, -0.15) is 0 Å². The first kappa shape index (κ1) is 15.8. The third-order valence-electron chi connectivity index (χ3n) is 4.25. The van der Waals surface area contributed by atoms with E-state index >= 15 is 0 Å². The Hall–Kier alpha value is -0.580. The van der Waals surface area contributed by atoms with Gasteiger partial charge in [-0.1, -0.05) is 22.0 Å². The van der Waals surface area contributed by atoms with E-state index in [0.717, 1.165) is 17.6 Å². The van der Waals surface area contributed by atoms with E-state index in [0.29, 0.717) is 12.1 Å². The van der Waals surface area contributed by atoms with Crippen LogP contribution in [-0.2, 0) is 0 Å². The van der Waals surface area contributed by atoms with Crippen molar-refractivity contribution in [2.45, 2.75) is 32.4 Å². The summed E-state index contributed by atoms with van der Waals surface area (Å²) in [6, 6.07) is 7.56. The maximum atomic E-state index is 3.63. The monoisotopic (exact) mass is 339 g/mol. The van der Waals surface area contributed by atoms with Crippen molar-refractivity contribution in [3.8, 4) is 0 Å². The Balaban J connectivity index is 2.36. The standard InChI is InChI=1S/C16H26BrN3/c1-12-11-19(4)8-5-9-20(12)16-10-14(17)6-7-15(16)13(2)18-3/h6-7,10,12-13,18H,5,8-9,11H2,1-4H3. The van der Waals surface area contributed by atoms with E-state index in [4.69, 9.17) is 0 Å². The van der Waals surface area contributed by atoms with Crippen LogP contribution < -0.4 is 10.2 Å². The molecule has 1 aromatic carbocycles. The summed E-state index contributed by atoms with van der Waals surface area (Å²) in [5.41, 5.74) is 2.75. The maximum absolute atomic E-state index is 3.63. The van der Waals surface area contributed by atoms with Crippen LogP contribution in [-0.4, -0.2) is 44.7 Å². The fourth-order valence-electron chi connectivity index (χ4n) is 3.02. The second-order valence-electron chi connectivity index (χ2n) is 5.87. The first-order valence-electron chi connectivity index (χ1n) is 7.45. The largest absolute Gasteiger partial charge is 0.367 e. The van der Waals surface area contributed by atoms with E-state index in [2.05, 4.69) is 70.1 Å². The van der Waals surface area contributed by atoms with Crippen LogP contribution >= 0.6 is 15.9 Å². The van der Waals surface area contributed by atoms with E-state index in [9.17, 15) is 0 Å². The summed E-state index contributed by atoms with van der Waals surface area (Å²) in [4.78, 5) is 5.00. The molecule has 4 heteroatoms. The molecule has 1 aromatic rings. The highest BCUT2D eigenvalue weighted by atomic mass is 79.9. The van der Waals surface area contributed by atoms with Gasteiger partial charge in [0, 0.05) is 35.3 Å². The molecule has 1 aliphatic rings. The second kappa shape index (κ2) is 6.92. The van der Waals surface area contributed by atoms with Gasteiger partial charge in [0.2, 0.25) is 0 Å². The lowest BCUT2D eigenvalue weighted by atomic mass is 10.0. The van der Waals surface area contributed by atoms with Crippen molar-refractivity contribution in [1.82, 2.24) is 10.2 Å². The first-order chi connectivity index (χ1) is 9.52. The van der Waals surface area contributed by atoms with Gasteiger partial charge in [-0.25, -0.2) is 0 Å². The number of anilines is 1. The summed E-state index contributed by atoms with van der Waals surface area (Å²) in [5.74, 6) is 0. The molecule has 0 radical (unpaired) electrons. The molecule has 0 aliphatic carbocycles. The number of likely N-dealkylation sites (N-methyl/N-ethyl adjacent to an activating group) is 1. The lowest BCUT2D eigenvalue weighted by molar-refractivity contribution is 0.337. The van der Waals surface area contributed by atoms with Crippen LogP contribution in [0.3, 0.4) is 0 Å². The predicted molar refractivity (Wildman–Crippen MR) is 90.5 cm³/mol. The number of nitrogens with one attached hydrogen (secondary N) is 1. The second-order valence-corrected chi connectivity index (χ2v) is 6.79. The van der Waals surface area contributed by atoms with Crippen molar-refractivity contribution < 1.29 is 0 Å². The molecule has 2 unspecified atom stereocenters. The molecular weight excluding hydrogens is 314 g/mol.